The third-order valence-corrected chi connectivity index (χ3v) is 4.19. The molecule has 17 heavy (non-hydrogen) atoms. The summed E-state index contributed by atoms with van der Waals surface area (Å²) < 4.78 is 2.09. The number of piperidine rings is 1. The van der Waals surface area contributed by atoms with Crippen LogP contribution in [0.25, 0.3) is 0 Å². The second-order valence-electron chi connectivity index (χ2n) is 4.96. The Hall–Kier alpha value is -0.870. The predicted octanol–water partition coefficient (Wildman–Crippen LogP) is 1.21. The molecule has 4 nitrogen and oxygen atoms in total. The van der Waals surface area contributed by atoms with Gasteiger partial charge in [0.1, 0.15) is 0 Å². The lowest BCUT2D eigenvalue weighted by Crippen LogP contribution is -2.49. The Kier molecular flexibility index (Phi) is 3.54. The van der Waals surface area contributed by atoms with Gasteiger partial charge < -0.3 is 10.6 Å². The number of rotatable bonds is 0. The van der Waals surface area contributed by atoms with Gasteiger partial charge in [0, 0.05) is 23.3 Å². The molecular formula is C13H24N4. The molecule has 1 unspecified atom stereocenters. The maximum Gasteiger partial charge on any atom is 0.0573 e. The molecule has 1 spiro atoms. The normalized spacial score (nSPS) is 26.5. The summed E-state index contributed by atoms with van der Waals surface area (Å²) in [5.41, 5.74) is 7.88. The van der Waals surface area contributed by atoms with Crippen molar-refractivity contribution in [1.82, 2.24) is 14.7 Å². The SMILES string of the molecule is CC.CN1CCC2(CC1)c1ccnn1CC2N. The molecule has 0 saturated carbocycles. The van der Waals surface area contributed by atoms with Crippen LogP contribution in [-0.2, 0) is 12.0 Å². The second-order valence-corrected chi connectivity index (χ2v) is 4.96. The van der Waals surface area contributed by atoms with Crippen molar-refractivity contribution in [2.24, 2.45) is 5.73 Å². The predicted molar refractivity (Wildman–Crippen MR) is 70.0 cm³/mol. The minimum absolute atomic E-state index is 0.211. The molecule has 2 aliphatic heterocycles. The molecule has 1 aromatic rings. The lowest BCUT2D eigenvalue weighted by Gasteiger charge is -2.40. The van der Waals surface area contributed by atoms with Crippen molar-refractivity contribution in [3.63, 3.8) is 0 Å². The molecule has 3 rings (SSSR count). The molecule has 1 fully saturated rings. The molecule has 2 aliphatic rings. The van der Waals surface area contributed by atoms with Gasteiger partial charge in [0.15, 0.2) is 0 Å². The molecule has 0 radical (unpaired) electrons. The molecular weight excluding hydrogens is 212 g/mol. The van der Waals surface area contributed by atoms with Crippen LogP contribution in [0.5, 0.6) is 0 Å². The number of hydrogen-bond donors (Lipinski definition) is 1. The van der Waals surface area contributed by atoms with E-state index in [1.54, 1.807) is 0 Å². The Morgan fingerprint density at radius 3 is 2.65 bits per heavy atom. The first-order valence-electron chi connectivity index (χ1n) is 6.69. The number of nitrogens with zero attached hydrogens (tertiary/aromatic N) is 3. The first-order chi connectivity index (χ1) is 8.22. The topological polar surface area (TPSA) is 47.1 Å². The van der Waals surface area contributed by atoms with Gasteiger partial charge in [0.05, 0.1) is 6.54 Å². The first kappa shape index (κ1) is 12.6. The van der Waals surface area contributed by atoms with E-state index in [0.717, 1.165) is 19.6 Å². The van der Waals surface area contributed by atoms with Crippen LogP contribution >= 0.6 is 0 Å². The van der Waals surface area contributed by atoms with E-state index in [1.807, 2.05) is 20.0 Å². The fourth-order valence-corrected chi connectivity index (χ4v) is 3.10. The van der Waals surface area contributed by atoms with Gasteiger partial charge in [-0.25, -0.2) is 0 Å². The van der Waals surface area contributed by atoms with E-state index in [4.69, 9.17) is 5.73 Å². The van der Waals surface area contributed by atoms with Crippen molar-refractivity contribution >= 4 is 0 Å². The van der Waals surface area contributed by atoms with Crippen LogP contribution in [0.15, 0.2) is 12.3 Å². The van der Waals surface area contributed by atoms with Crippen molar-refractivity contribution in [3.05, 3.63) is 18.0 Å². The van der Waals surface area contributed by atoms with E-state index in [1.165, 1.54) is 18.5 Å². The van der Waals surface area contributed by atoms with E-state index in [2.05, 4.69) is 27.8 Å². The van der Waals surface area contributed by atoms with E-state index >= 15 is 0 Å². The summed E-state index contributed by atoms with van der Waals surface area (Å²) in [4.78, 5) is 2.39. The monoisotopic (exact) mass is 236 g/mol. The summed E-state index contributed by atoms with van der Waals surface area (Å²) in [5, 5.41) is 4.34. The number of hydrogen-bond acceptors (Lipinski definition) is 3. The maximum absolute atomic E-state index is 6.31. The smallest absolute Gasteiger partial charge is 0.0573 e. The van der Waals surface area contributed by atoms with Crippen LogP contribution in [0.2, 0.25) is 0 Å². The Bertz CT molecular complexity index is 363. The van der Waals surface area contributed by atoms with Crippen LogP contribution in [-0.4, -0.2) is 40.9 Å². The number of fused-ring (bicyclic) bond motifs is 2. The zero-order valence-electron chi connectivity index (χ0n) is 11.2. The van der Waals surface area contributed by atoms with E-state index < -0.39 is 0 Å². The van der Waals surface area contributed by atoms with Gasteiger partial charge in [-0.3, -0.25) is 4.68 Å². The Labute approximate surface area is 104 Å². The van der Waals surface area contributed by atoms with Gasteiger partial charge in [0.25, 0.3) is 0 Å². The van der Waals surface area contributed by atoms with Crippen molar-refractivity contribution in [2.45, 2.75) is 44.7 Å². The maximum atomic E-state index is 6.31. The van der Waals surface area contributed by atoms with E-state index in [0.29, 0.717) is 0 Å². The van der Waals surface area contributed by atoms with Crippen molar-refractivity contribution in [1.29, 1.82) is 0 Å². The van der Waals surface area contributed by atoms with E-state index in [-0.39, 0.29) is 11.5 Å². The molecule has 4 heteroatoms. The largest absolute Gasteiger partial charge is 0.325 e. The second kappa shape index (κ2) is 4.78. The summed E-state index contributed by atoms with van der Waals surface area (Å²) in [7, 11) is 2.19. The lowest BCUT2D eigenvalue weighted by atomic mass is 9.72. The quantitative estimate of drug-likeness (QED) is 0.736. The molecule has 3 heterocycles. The molecule has 0 aliphatic carbocycles. The Morgan fingerprint density at radius 1 is 1.35 bits per heavy atom. The van der Waals surface area contributed by atoms with Crippen molar-refractivity contribution in [2.75, 3.05) is 20.1 Å². The van der Waals surface area contributed by atoms with Gasteiger partial charge in [0.2, 0.25) is 0 Å². The first-order valence-corrected chi connectivity index (χ1v) is 6.69. The zero-order valence-corrected chi connectivity index (χ0v) is 11.2. The summed E-state index contributed by atoms with van der Waals surface area (Å²) >= 11 is 0. The van der Waals surface area contributed by atoms with Gasteiger partial charge in [-0.05, 0) is 39.0 Å². The molecule has 0 amide bonds. The standard InChI is InChI=1S/C11H18N4.C2H6/c1-14-6-3-11(4-7-14)9(12)8-15-10(11)2-5-13-15;1-2/h2,5,9H,3-4,6-8,12H2,1H3;1-2H3. The summed E-state index contributed by atoms with van der Waals surface area (Å²) in [6.07, 6.45) is 4.26. The number of likely N-dealkylation sites (tertiary alicyclic amines) is 1. The molecule has 1 atom stereocenters. The van der Waals surface area contributed by atoms with Gasteiger partial charge in [-0.1, -0.05) is 13.8 Å². The van der Waals surface area contributed by atoms with Gasteiger partial charge in [-0.2, -0.15) is 5.10 Å². The van der Waals surface area contributed by atoms with Crippen LogP contribution in [0.3, 0.4) is 0 Å². The average Bonchev–Trinajstić information content (AvgIpc) is 2.89. The van der Waals surface area contributed by atoms with Crippen molar-refractivity contribution in [3.8, 4) is 0 Å². The van der Waals surface area contributed by atoms with Crippen molar-refractivity contribution < 1.29 is 0 Å². The molecule has 0 aromatic carbocycles. The van der Waals surface area contributed by atoms with E-state index in [9.17, 15) is 0 Å². The minimum atomic E-state index is 0.211. The molecule has 2 N–H and O–H groups in total. The fourth-order valence-electron chi connectivity index (χ4n) is 3.10. The number of nitrogens with two attached hydrogens (primary N) is 1. The number of aromatic nitrogens is 2. The highest BCUT2D eigenvalue weighted by Gasteiger charge is 2.47. The lowest BCUT2D eigenvalue weighted by molar-refractivity contribution is 0.172. The zero-order chi connectivity index (χ0) is 12.5. The molecule has 1 saturated heterocycles. The van der Waals surface area contributed by atoms with Gasteiger partial charge >= 0.3 is 0 Å². The van der Waals surface area contributed by atoms with Crippen LogP contribution in [0.4, 0.5) is 0 Å². The summed E-state index contributed by atoms with van der Waals surface area (Å²) in [6, 6.07) is 2.41. The average molecular weight is 236 g/mol. The highest BCUT2D eigenvalue weighted by atomic mass is 15.3. The Balaban J connectivity index is 0.000000514. The third-order valence-electron chi connectivity index (χ3n) is 4.19. The Morgan fingerprint density at radius 2 is 2.00 bits per heavy atom. The molecule has 1 aromatic heterocycles. The minimum Gasteiger partial charge on any atom is -0.325 e. The summed E-state index contributed by atoms with van der Waals surface area (Å²) in [6.45, 7) is 7.20. The third kappa shape index (κ3) is 1.89. The molecule has 0 bridgehead atoms. The van der Waals surface area contributed by atoms with Crippen LogP contribution in [0.1, 0.15) is 32.4 Å². The fraction of sp³-hybridized carbons (Fsp3) is 0.769. The summed E-state index contributed by atoms with van der Waals surface area (Å²) in [5.74, 6) is 0. The highest BCUT2D eigenvalue weighted by molar-refractivity contribution is 5.25. The highest BCUT2D eigenvalue weighted by Crippen LogP contribution is 2.41. The van der Waals surface area contributed by atoms with Crippen LogP contribution < -0.4 is 5.73 Å². The van der Waals surface area contributed by atoms with Gasteiger partial charge in [-0.15, -0.1) is 0 Å². The van der Waals surface area contributed by atoms with Crippen LogP contribution in [0, 0.1) is 0 Å². The molecule has 96 valence electrons.